The molecule has 0 aliphatic heterocycles. The van der Waals surface area contributed by atoms with E-state index in [4.69, 9.17) is 0 Å². The van der Waals surface area contributed by atoms with Gasteiger partial charge in [0.25, 0.3) is 5.91 Å². The summed E-state index contributed by atoms with van der Waals surface area (Å²) < 4.78 is 0. The molecule has 5 nitrogen and oxygen atoms in total. The first-order valence-corrected chi connectivity index (χ1v) is 7.93. The molecule has 21 heavy (non-hydrogen) atoms. The summed E-state index contributed by atoms with van der Waals surface area (Å²) in [4.78, 5) is 14.3. The third-order valence-corrected chi connectivity index (χ3v) is 3.91. The lowest BCUT2D eigenvalue weighted by Gasteiger charge is -2.19. The molecule has 0 fully saturated rings. The highest BCUT2D eigenvalue weighted by Gasteiger charge is 2.20. The Morgan fingerprint density at radius 1 is 1.24 bits per heavy atom. The van der Waals surface area contributed by atoms with Crippen molar-refractivity contribution in [3.05, 3.63) is 34.8 Å². The summed E-state index contributed by atoms with van der Waals surface area (Å²) in [5.41, 5.74) is 2.05. The Morgan fingerprint density at radius 2 is 1.95 bits per heavy atom. The van der Waals surface area contributed by atoms with Gasteiger partial charge in [0.05, 0.1) is 0 Å². The van der Waals surface area contributed by atoms with Crippen molar-refractivity contribution in [3.8, 4) is 0 Å². The van der Waals surface area contributed by atoms with Gasteiger partial charge in [0.15, 0.2) is 0 Å². The molecule has 6 heteroatoms. The van der Waals surface area contributed by atoms with E-state index in [0.29, 0.717) is 16.7 Å². The lowest BCUT2D eigenvalue weighted by Crippen LogP contribution is -2.30. The van der Waals surface area contributed by atoms with E-state index in [-0.39, 0.29) is 5.91 Å². The normalized spacial score (nSPS) is 10.4. The van der Waals surface area contributed by atoms with Crippen LogP contribution in [-0.2, 0) is 0 Å². The molecule has 1 N–H and O–H groups in total. The Labute approximate surface area is 129 Å². The summed E-state index contributed by atoms with van der Waals surface area (Å²) >= 11 is 1.30. The molecule has 1 amide bonds. The van der Waals surface area contributed by atoms with Gasteiger partial charge < -0.3 is 10.2 Å². The number of aromatic nitrogens is 2. The van der Waals surface area contributed by atoms with E-state index in [2.05, 4.69) is 22.4 Å². The largest absolute Gasteiger partial charge is 0.360 e. The average molecular weight is 304 g/mol. The molecule has 0 unspecified atom stereocenters. The van der Waals surface area contributed by atoms with E-state index in [1.807, 2.05) is 38.1 Å². The molecular weight excluding hydrogens is 284 g/mol. The fourth-order valence-electron chi connectivity index (χ4n) is 1.90. The monoisotopic (exact) mass is 304 g/mol. The topological polar surface area (TPSA) is 58.1 Å². The van der Waals surface area contributed by atoms with Gasteiger partial charge in [-0.05, 0) is 32.4 Å². The van der Waals surface area contributed by atoms with Gasteiger partial charge in [-0.25, -0.2) is 0 Å². The van der Waals surface area contributed by atoms with Gasteiger partial charge in [-0.3, -0.25) is 4.79 Å². The van der Waals surface area contributed by atoms with Crippen molar-refractivity contribution in [1.82, 2.24) is 10.2 Å². The van der Waals surface area contributed by atoms with Gasteiger partial charge in [0, 0.05) is 18.8 Å². The van der Waals surface area contributed by atoms with Crippen molar-refractivity contribution >= 4 is 28.1 Å². The molecule has 0 atom stereocenters. The molecule has 1 aromatic carbocycles. The molecule has 0 spiro atoms. The third kappa shape index (κ3) is 3.78. The minimum absolute atomic E-state index is 0.108. The predicted molar refractivity (Wildman–Crippen MR) is 87.2 cm³/mol. The maximum atomic E-state index is 12.6. The standard InChI is InChI=1S/C15H20N4OS/c1-4-10-16-15-18-17-13(21-15)14(20)19(5-2)12-8-6-11(3)7-9-12/h6-9H,4-5,10H2,1-3H3,(H,16,18). The van der Waals surface area contributed by atoms with Crippen LogP contribution in [0, 0.1) is 6.92 Å². The second-order valence-corrected chi connectivity index (χ2v) is 5.70. The van der Waals surface area contributed by atoms with Gasteiger partial charge in [0.1, 0.15) is 0 Å². The van der Waals surface area contributed by atoms with Crippen LogP contribution in [0.3, 0.4) is 0 Å². The fraction of sp³-hybridized carbons (Fsp3) is 0.400. The Balaban J connectivity index is 2.16. The molecule has 2 aromatic rings. The molecule has 0 bridgehead atoms. The van der Waals surface area contributed by atoms with Crippen LogP contribution in [0.1, 0.15) is 35.6 Å². The van der Waals surface area contributed by atoms with Crippen molar-refractivity contribution < 1.29 is 4.79 Å². The summed E-state index contributed by atoms with van der Waals surface area (Å²) in [6.45, 7) is 7.49. The van der Waals surface area contributed by atoms with Crippen LogP contribution < -0.4 is 10.2 Å². The second-order valence-electron chi connectivity index (χ2n) is 4.72. The van der Waals surface area contributed by atoms with Crippen molar-refractivity contribution in [2.24, 2.45) is 0 Å². The fourth-order valence-corrected chi connectivity index (χ4v) is 2.61. The number of amides is 1. The Morgan fingerprint density at radius 3 is 2.57 bits per heavy atom. The van der Waals surface area contributed by atoms with E-state index in [1.165, 1.54) is 16.9 Å². The van der Waals surface area contributed by atoms with Gasteiger partial charge in [0.2, 0.25) is 10.1 Å². The summed E-state index contributed by atoms with van der Waals surface area (Å²) in [7, 11) is 0. The minimum Gasteiger partial charge on any atom is -0.360 e. The van der Waals surface area contributed by atoms with Crippen LogP contribution in [-0.4, -0.2) is 29.2 Å². The number of anilines is 2. The Kier molecular flexibility index (Phi) is 5.27. The third-order valence-electron chi connectivity index (χ3n) is 3.04. The number of nitrogens with one attached hydrogen (secondary N) is 1. The number of hydrogen-bond acceptors (Lipinski definition) is 5. The van der Waals surface area contributed by atoms with Gasteiger partial charge in [-0.15, -0.1) is 10.2 Å². The first-order chi connectivity index (χ1) is 10.2. The number of rotatable bonds is 6. The highest BCUT2D eigenvalue weighted by Crippen LogP contribution is 2.21. The lowest BCUT2D eigenvalue weighted by molar-refractivity contribution is 0.0987. The number of nitrogens with zero attached hydrogens (tertiary/aromatic N) is 3. The summed E-state index contributed by atoms with van der Waals surface area (Å²) in [5, 5.41) is 12.3. The van der Waals surface area contributed by atoms with Crippen LogP contribution in [0.5, 0.6) is 0 Å². The highest BCUT2D eigenvalue weighted by molar-refractivity contribution is 7.17. The van der Waals surface area contributed by atoms with Crippen molar-refractivity contribution in [2.45, 2.75) is 27.2 Å². The molecule has 1 aromatic heterocycles. The maximum absolute atomic E-state index is 12.6. The van der Waals surface area contributed by atoms with Crippen LogP contribution in [0.25, 0.3) is 0 Å². The van der Waals surface area contributed by atoms with Crippen LogP contribution in [0.15, 0.2) is 24.3 Å². The Hall–Kier alpha value is -1.95. The van der Waals surface area contributed by atoms with E-state index >= 15 is 0 Å². The molecule has 0 saturated carbocycles. The molecule has 2 rings (SSSR count). The SMILES string of the molecule is CCCNc1nnc(C(=O)N(CC)c2ccc(C)cc2)s1. The quantitative estimate of drug-likeness (QED) is 0.889. The predicted octanol–water partition coefficient (Wildman–Crippen LogP) is 3.34. The zero-order valence-electron chi connectivity index (χ0n) is 12.6. The summed E-state index contributed by atoms with van der Waals surface area (Å²) in [6.07, 6.45) is 1.01. The van der Waals surface area contributed by atoms with E-state index in [9.17, 15) is 4.79 Å². The second kappa shape index (κ2) is 7.17. The van der Waals surface area contributed by atoms with Gasteiger partial charge in [-0.1, -0.05) is 36.0 Å². The number of benzene rings is 1. The number of carbonyl (C=O) groups excluding carboxylic acids is 1. The van der Waals surface area contributed by atoms with Crippen molar-refractivity contribution in [3.63, 3.8) is 0 Å². The molecular formula is C15H20N4OS. The molecule has 112 valence electrons. The number of aryl methyl sites for hydroxylation is 1. The zero-order chi connectivity index (χ0) is 15.2. The molecule has 1 heterocycles. The van der Waals surface area contributed by atoms with Crippen molar-refractivity contribution in [2.75, 3.05) is 23.3 Å². The summed E-state index contributed by atoms with van der Waals surface area (Å²) in [5.74, 6) is -0.108. The lowest BCUT2D eigenvalue weighted by atomic mass is 10.2. The molecule has 0 aliphatic rings. The smallest absolute Gasteiger partial charge is 0.289 e. The van der Waals surface area contributed by atoms with Crippen molar-refractivity contribution in [1.29, 1.82) is 0 Å². The zero-order valence-corrected chi connectivity index (χ0v) is 13.4. The summed E-state index contributed by atoms with van der Waals surface area (Å²) in [6, 6.07) is 7.90. The number of hydrogen-bond donors (Lipinski definition) is 1. The van der Waals surface area contributed by atoms with Crippen LogP contribution >= 0.6 is 11.3 Å². The molecule has 0 radical (unpaired) electrons. The van der Waals surface area contributed by atoms with Gasteiger partial charge in [-0.2, -0.15) is 0 Å². The Bertz CT molecular complexity index is 594. The maximum Gasteiger partial charge on any atom is 0.289 e. The first kappa shape index (κ1) is 15.4. The molecule has 0 aliphatic carbocycles. The van der Waals surface area contributed by atoms with E-state index in [0.717, 1.165) is 18.7 Å². The van der Waals surface area contributed by atoms with Crippen LogP contribution in [0.4, 0.5) is 10.8 Å². The van der Waals surface area contributed by atoms with Crippen LogP contribution in [0.2, 0.25) is 0 Å². The van der Waals surface area contributed by atoms with E-state index < -0.39 is 0 Å². The molecule has 0 saturated heterocycles. The highest BCUT2D eigenvalue weighted by atomic mass is 32.1. The van der Waals surface area contributed by atoms with E-state index in [1.54, 1.807) is 4.90 Å². The average Bonchev–Trinajstić information content (AvgIpc) is 2.96. The number of carbonyl (C=O) groups is 1. The minimum atomic E-state index is -0.108. The van der Waals surface area contributed by atoms with Gasteiger partial charge >= 0.3 is 0 Å². The first-order valence-electron chi connectivity index (χ1n) is 7.11.